The van der Waals surface area contributed by atoms with Crippen LogP contribution in [0.5, 0.6) is 0 Å². The lowest BCUT2D eigenvalue weighted by molar-refractivity contribution is 0.0827. The molecule has 0 radical (unpaired) electrons. The maximum atomic E-state index is 12.7. The predicted octanol–water partition coefficient (Wildman–Crippen LogP) is 3.01. The Bertz CT molecular complexity index is 926. The summed E-state index contributed by atoms with van der Waals surface area (Å²) in [5.41, 5.74) is 2.36. The van der Waals surface area contributed by atoms with Crippen LogP contribution >= 0.6 is 11.6 Å². The first-order valence-corrected chi connectivity index (χ1v) is 9.76. The number of carbonyl (C=O) groups excluding carboxylic acids is 1. The Morgan fingerprint density at radius 2 is 1.96 bits per heavy atom. The van der Waals surface area contributed by atoms with Crippen molar-refractivity contribution < 1.29 is 13.2 Å². The van der Waals surface area contributed by atoms with Gasteiger partial charge in [-0.25, -0.2) is 13.1 Å². The van der Waals surface area contributed by atoms with Gasteiger partial charge in [-0.15, -0.1) is 0 Å². The van der Waals surface area contributed by atoms with Crippen LogP contribution in [0.1, 0.15) is 33.9 Å². The third-order valence-corrected chi connectivity index (χ3v) is 5.98. The molecule has 132 valence electrons. The number of benzene rings is 2. The molecule has 0 bridgehead atoms. The highest BCUT2D eigenvalue weighted by atomic mass is 35.5. The number of amides is 1. The van der Waals surface area contributed by atoms with Crippen LogP contribution in [0.15, 0.2) is 47.4 Å². The number of sulfonamides is 1. The second-order valence-corrected chi connectivity index (χ2v) is 8.43. The number of carbonyl (C=O) groups is 1. The SMILES string of the molecule is CN(C)C(=O)c1cccc(S(=O)(=O)NC2CCc3cc(Cl)ccc32)c1. The molecule has 7 heteroatoms. The standard InChI is InChI=1S/C18H19ClN2O3S/c1-21(2)18(22)13-4-3-5-15(11-13)25(23,24)20-17-9-6-12-10-14(19)7-8-16(12)17/h3-5,7-8,10-11,17,20H,6,9H2,1-2H3. The van der Waals surface area contributed by atoms with E-state index in [2.05, 4.69) is 4.72 Å². The first-order chi connectivity index (χ1) is 11.8. The molecule has 0 heterocycles. The Kier molecular flexibility index (Phi) is 4.86. The molecular weight excluding hydrogens is 360 g/mol. The second kappa shape index (κ2) is 6.78. The van der Waals surface area contributed by atoms with Crippen molar-refractivity contribution in [2.24, 2.45) is 0 Å². The second-order valence-electron chi connectivity index (χ2n) is 6.28. The third-order valence-electron chi connectivity index (χ3n) is 4.28. The van der Waals surface area contributed by atoms with Gasteiger partial charge in [-0.3, -0.25) is 4.79 Å². The molecule has 0 aromatic heterocycles. The summed E-state index contributed by atoms with van der Waals surface area (Å²) in [6.45, 7) is 0. The molecule has 1 aliphatic carbocycles. The lowest BCUT2D eigenvalue weighted by Gasteiger charge is -2.16. The summed E-state index contributed by atoms with van der Waals surface area (Å²) < 4.78 is 28.2. The van der Waals surface area contributed by atoms with Gasteiger partial charge in [-0.05, 0) is 54.3 Å². The van der Waals surface area contributed by atoms with Crippen LogP contribution in [0.4, 0.5) is 0 Å². The van der Waals surface area contributed by atoms with Crippen LogP contribution in [-0.2, 0) is 16.4 Å². The zero-order valence-electron chi connectivity index (χ0n) is 14.0. The molecule has 1 amide bonds. The van der Waals surface area contributed by atoms with E-state index in [0.29, 0.717) is 17.0 Å². The minimum atomic E-state index is -3.73. The minimum Gasteiger partial charge on any atom is -0.345 e. The Balaban J connectivity index is 1.87. The van der Waals surface area contributed by atoms with E-state index < -0.39 is 10.0 Å². The minimum absolute atomic E-state index is 0.0858. The van der Waals surface area contributed by atoms with Gasteiger partial charge in [-0.1, -0.05) is 23.7 Å². The van der Waals surface area contributed by atoms with Gasteiger partial charge in [0.05, 0.1) is 4.90 Å². The number of fused-ring (bicyclic) bond motifs is 1. The molecule has 0 aliphatic heterocycles. The summed E-state index contributed by atoms with van der Waals surface area (Å²) in [7, 11) is -0.477. The summed E-state index contributed by atoms with van der Waals surface area (Å²) in [4.78, 5) is 13.6. The monoisotopic (exact) mass is 378 g/mol. The van der Waals surface area contributed by atoms with Crippen LogP contribution < -0.4 is 4.72 Å². The molecule has 5 nitrogen and oxygen atoms in total. The van der Waals surface area contributed by atoms with Gasteiger partial charge in [0.1, 0.15) is 0 Å². The Morgan fingerprint density at radius 1 is 1.20 bits per heavy atom. The highest BCUT2D eigenvalue weighted by Crippen LogP contribution is 2.34. The van der Waals surface area contributed by atoms with Gasteiger partial charge in [-0.2, -0.15) is 0 Å². The molecule has 2 aromatic carbocycles. The van der Waals surface area contributed by atoms with E-state index in [1.54, 1.807) is 32.3 Å². The van der Waals surface area contributed by atoms with Crippen molar-refractivity contribution in [1.29, 1.82) is 0 Å². The number of hydrogen-bond acceptors (Lipinski definition) is 3. The fraction of sp³-hybridized carbons (Fsp3) is 0.278. The number of aryl methyl sites for hydroxylation is 1. The molecule has 0 spiro atoms. The van der Waals surface area contributed by atoms with Crippen LogP contribution in [0.2, 0.25) is 5.02 Å². The molecule has 25 heavy (non-hydrogen) atoms. The van der Waals surface area contributed by atoms with Crippen molar-refractivity contribution in [1.82, 2.24) is 9.62 Å². The molecule has 1 aliphatic rings. The van der Waals surface area contributed by atoms with Gasteiger partial charge >= 0.3 is 0 Å². The summed E-state index contributed by atoms with van der Waals surface area (Å²) in [5.74, 6) is -0.238. The van der Waals surface area contributed by atoms with Crippen molar-refractivity contribution in [3.05, 3.63) is 64.2 Å². The molecule has 1 atom stereocenters. The summed E-state index contributed by atoms with van der Waals surface area (Å²) in [6, 6.07) is 11.3. The van der Waals surface area contributed by atoms with Crippen LogP contribution in [0.3, 0.4) is 0 Å². The Morgan fingerprint density at radius 3 is 2.68 bits per heavy atom. The maximum absolute atomic E-state index is 12.7. The highest BCUT2D eigenvalue weighted by molar-refractivity contribution is 7.89. The fourth-order valence-corrected chi connectivity index (χ4v) is 4.51. The van der Waals surface area contributed by atoms with Crippen LogP contribution in [0.25, 0.3) is 0 Å². The van der Waals surface area contributed by atoms with Gasteiger partial charge in [0, 0.05) is 30.7 Å². The molecule has 0 saturated heterocycles. The summed E-state index contributed by atoms with van der Waals surface area (Å²) in [5, 5.41) is 0.650. The van der Waals surface area contributed by atoms with E-state index in [1.807, 2.05) is 12.1 Å². The zero-order chi connectivity index (χ0) is 18.2. The van der Waals surface area contributed by atoms with Crippen molar-refractivity contribution in [3.8, 4) is 0 Å². The van der Waals surface area contributed by atoms with E-state index in [1.165, 1.54) is 17.0 Å². The van der Waals surface area contributed by atoms with E-state index >= 15 is 0 Å². The Hall–Kier alpha value is -1.89. The topological polar surface area (TPSA) is 66.5 Å². The molecule has 2 aromatic rings. The number of rotatable bonds is 4. The van der Waals surface area contributed by atoms with Crippen molar-refractivity contribution >= 4 is 27.5 Å². The quantitative estimate of drug-likeness (QED) is 0.889. The fourth-order valence-electron chi connectivity index (χ4n) is 3.02. The summed E-state index contributed by atoms with van der Waals surface area (Å²) >= 11 is 6.00. The largest absolute Gasteiger partial charge is 0.345 e. The summed E-state index contributed by atoms with van der Waals surface area (Å²) in [6.07, 6.45) is 1.47. The van der Waals surface area contributed by atoms with E-state index in [9.17, 15) is 13.2 Å². The average molecular weight is 379 g/mol. The van der Waals surface area contributed by atoms with Gasteiger partial charge in [0.2, 0.25) is 10.0 Å². The van der Waals surface area contributed by atoms with Crippen molar-refractivity contribution in [2.75, 3.05) is 14.1 Å². The lowest BCUT2D eigenvalue weighted by Crippen LogP contribution is -2.28. The van der Waals surface area contributed by atoms with E-state index in [-0.39, 0.29) is 16.8 Å². The Labute approximate surface area is 152 Å². The zero-order valence-corrected chi connectivity index (χ0v) is 15.6. The van der Waals surface area contributed by atoms with E-state index in [4.69, 9.17) is 11.6 Å². The average Bonchev–Trinajstić information content (AvgIpc) is 2.95. The number of nitrogens with one attached hydrogen (secondary N) is 1. The third kappa shape index (κ3) is 3.71. The molecule has 3 rings (SSSR count). The first-order valence-electron chi connectivity index (χ1n) is 7.90. The smallest absolute Gasteiger partial charge is 0.253 e. The molecule has 0 saturated carbocycles. The molecule has 1 N–H and O–H groups in total. The van der Waals surface area contributed by atoms with E-state index in [0.717, 1.165) is 17.5 Å². The van der Waals surface area contributed by atoms with Crippen molar-refractivity contribution in [2.45, 2.75) is 23.8 Å². The lowest BCUT2D eigenvalue weighted by atomic mass is 10.1. The predicted molar refractivity (Wildman–Crippen MR) is 97.3 cm³/mol. The normalized spacial score (nSPS) is 16.5. The van der Waals surface area contributed by atoms with Crippen molar-refractivity contribution in [3.63, 3.8) is 0 Å². The molecule has 1 unspecified atom stereocenters. The number of hydrogen-bond donors (Lipinski definition) is 1. The highest BCUT2D eigenvalue weighted by Gasteiger charge is 2.28. The number of halogens is 1. The van der Waals surface area contributed by atoms with Gasteiger partial charge in [0.25, 0.3) is 5.91 Å². The first kappa shape index (κ1) is 17.9. The molecule has 0 fully saturated rings. The maximum Gasteiger partial charge on any atom is 0.253 e. The number of nitrogens with zero attached hydrogens (tertiary/aromatic N) is 1. The van der Waals surface area contributed by atoms with Gasteiger partial charge < -0.3 is 4.90 Å². The van der Waals surface area contributed by atoms with Crippen LogP contribution in [0, 0.1) is 0 Å². The van der Waals surface area contributed by atoms with Crippen LogP contribution in [-0.4, -0.2) is 33.3 Å². The van der Waals surface area contributed by atoms with Gasteiger partial charge in [0.15, 0.2) is 0 Å². The molecular formula is C18H19ClN2O3S.